The Morgan fingerprint density at radius 2 is 1.86 bits per heavy atom. The normalized spacial score (nSPS) is 25.6. The third-order valence-electron chi connectivity index (χ3n) is 5.40. The van der Waals surface area contributed by atoms with E-state index in [2.05, 4.69) is 27.4 Å². The maximum atomic E-state index is 12.0. The Bertz CT molecular complexity index is 356. The summed E-state index contributed by atoms with van der Waals surface area (Å²) in [4.78, 5) is 12.0. The molecule has 128 valence electrons. The Hall–Kier alpha value is -0.830. The van der Waals surface area contributed by atoms with Gasteiger partial charge in [0.2, 0.25) is 0 Å². The predicted octanol–water partition coefficient (Wildman–Crippen LogP) is 4.60. The van der Waals surface area contributed by atoms with Crippen molar-refractivity contribution in [2.75, 3.05) is 6.54 Å². The van der Waals surface area contributed by atoms with Gasteiger partial charge in [-0.25, -0.2) is 0 Å². The SMILES string of the molecule is C=C(C)C1CCCC(C(C)(CC)OC(=O)CCCN)CCC1. The van der Waals surface area contributed by atoms with Crippen LogP contribution < -0.4 is 5.73 Å². The molecule has 1 saturated carbocycles. The number of nitrogens with two attached hydrogens (primary N) is 1. The lowest BCUT2D eigenvalue weighted by Gasteiger charge is -2.38. The highest BCUT2D eigenvalue weighted by Gasteiger charge is 2.36. The van der Waals surface area contributed by atoms with Gasteiger partial charge in [0.15, 0.2) is 0 Å². The van der Waals surface area contributed by atoms with Crippen LogP contribution >= 0.6 is 0 Å². The molecular weight excluding hydrogens is 274 g/mol. The summed E-state index contributed by atoms with van der Waals surface area (Å²) in [6, 6.07) is 0. The van der Waals surface area contributed by atoms with Crippen LogP contribution in [0.15, 0.2) is 12.2 Å². The molecule has 1 aliphatic carbocycles. The Labute approximate surface area is 136 Å². The molecule has 0 amide bonds. The number of carbonyl (C=O) groups is 1. The standard InChI is InChI=1S/C19H35NO2/c1-5-19(4,22-18(21)13-8-14-20)17-11-6-9-16(15(2)3)10-7-12-17/h16-17H,2,5-14,20H2,1,3-4H3. The molecule has 0 bridgehead atoms. The molecule has 3 heteroatoms. The van der Waals surface area contributed by atoms with E-state index in [0.29, 0.717) is 31.2 Å². The van der Waals surface area contributed by atoms with E-state index in [1.165, 1.54) is 31.3 Å². The minimum Gasteiger partial charge on any atom is -0.459 e. The number of carbonyl (C=O) groups excluding carboxylic acids is 1. The van der Waals surface area contributed by atoms with Crippen molar-refractivity contribution in [2.45, 2.75) is 84.2 Å². The summed E-state index contributed by atoms with van der Waals surface area (Å²) < 4.78 is 5.89. The lowest BCUT2D eigenvalue weighted by atomic mass is 9.75. The molecule has 0 aromatic rings. The molecule has 0 aromatic carbocycles. The van der Waals surface area contributed by atoms with Crippen LogP contribution in [0.1, 0.15) is 78.6 Å². The Morgan fingerprint density at radius 1 is 1.27 bits per heavy atom. The van der Waals surface area contributed by atoms with Gasteiger partial charge in [0.05, 0.1) is 0 Å². The van der Waals surface area contributed by atoms with E-state index in [9.17, 15) is 4.79 Å². The second-order valence-corrected chi connectivity index (χ2v) is 7.13. The van der Waals surface area contributed by atoms with Crippen molar-refractivity contribution in [1.82, 2.24) is 0 Å². The molecule has 2 N–H and O–H groups in total. The monoisotopic (exact) mass is 309 g/mol. The molecular formula is C19H35NO2. The van der Waals surface area contributed by atoms with Crippen LogP contribution in [0.2, 0.25) is 0 Å². The van der Waals surface area contributed by atoms with Crippen molar-refractivity contribution < 1.29 is 9.53 Å². The van der Waals surface area contributed by atoms with Gasteiger partial charge in [-0.05, 0) is 70.8 Å². The lowest BCUT2D eigenvalue weighted by molar-refractivity contribution is -0.165. The van der Waals surface area contributed by atoms with Crippen LogP contribution in [0.5, 0.6) is 0 Å². The van der Waals surface area contributed by atoms with E-state index in [1.54, 1.807) is 0 Å². The van der Waals surface area contributed by atoms with Gasteiger partial charge in [0.25, 0.3) is 0 Å². The molecule has 1 aliphatic rings. The third kappa shape index (κ3) is 5.75. The highest BCUT2D eigenvalue weighted by molar-refractivity contribution is 5.69. The number of esters is 1. The quantitative estimate of drug-likeness (QED) is 0.552. The fourth-order valence-corrected chi connectivity index (χ4v) is 3.62. The molecule has 1 rings (SSSR count). The highest BCUT2D eigenvalue weighted by atomic mass is 16.6. The molecule has 0 saturated heterocycles. The zero-order valence-corrected chi connectivity index (χ0v) is 14.8. The van der Waals surface area contributed by atoms with Gasteiger partial charge in [-0.3, -0.25) is 4.79 Å². The Morgan fingerprint density at radius 3 is 2.32 bits per heavy atom. The summed E-state index contributed by atoms with van der Waals surface area (Å²) in [5.41, 5.74) is 6.48. The van der Waals surface area contributed by atoms with Crippen molar-refractivity contribution in [3.8, 4) is 0 Å². The van der Waals surface area contributed by atoms with E-state index < -0.39 is 0 Å². The van der Waals surface area contributed by atoms with Gasteiger partial charge >= 0.3 is 5.97 Å². The molecule has 22 heavy (non-hydrogen) atoms. The number of hydrogen-bond acceptors (Lipinski definition) is 3. The smallest absolute Gasteiger partial charge is 0.306 e. The molecule has 0 heterocycles. The molecule has 0 aromatic heterocycles. The largest absolute Gasteiger partial charge is 0.459 e. The van der Waals surface area contributed by atoms with E-state index in [0.717, 1.165) is 19.3 Å². The first-order valence-corrected chi connectivity index (χ1v) is 9.00. The van der Waals surface area contributed by atoms with Crippen molar-refractivity contribution in [3.63, 3.8) is 0 Å². The second kappa shape index (κ2) is 9.34. The van der Waals surface area contributed by atoms with Crippen LogP contribution in [0, 0.1) is 11.8 Å². The summed E-state index contributed by atoms with van der Waals surface area (Å²) in [6.07, 6.45) is 9.21. The van der Waals surface area contributed by atoms with Crippen molar-refractivity contribution >= 4 is 5.97 Å². The number of allylic oxidation sites excluding steroid dienone is 1. The predicted molar refractivity (Wildman–Crippen MR) is 92.6 cm³/mol. The van der Waals surface area contributed by atoms with E-state index in [1.807, 2.05) is 0 Å². The van der Waals surface area contributed by atoms with Gasteiger partial charge in [0, 0.05) is 6.42 Å². The fourth-order valence-electron chi connectivity index (χ4n) is 3.62. The first-order valence-electron chi connectivity index (χ1n) is 9.00. The van der Waals surface area contributed by atoms with Gasteiger partial charge in [-0.2, -0.15) is 0 Å². The first kappa shape index (κ1) is 19.2. The number of rotatable bonds is 7. The topological polar surface area (TPSA) is 52.3 Å². The highest BCUT2D eigenvalue weighted by Crippen LogP contribution is 2.38. The van der Waals surface area contributed by atoms with Gasteiger partial charge in [0.1, 0.15) is 5.60 Å². The van der Waals surface area contributed by atoms with Crippen LogP contribution in [0.4, 0.5) is 0 Å². The summed E-state index contributed by atoms with van der Waals surface area (Å²) in [7, 11) is 0. The number of ether oxygens (including phenoxy) is 1. The summed E-state index contributed by atoms with van der Waals surface area (Å²) >= 11 is 0. The average molecular weight is 309 g/mol. The van der Waals surface area contributed by atoms with Crippen molar-refractivity contribution in [3.05, 3.63) is 12.2 Å². The molecule has 3 nitrogen and oxygen atoms in total. The van der Waals surface area contributed by atoms with Crippen molar-refractivity contribution in [2.24, 2.45) is 17.6 Å². The minimum atomic E-state index is -0.318. The maximum Gasteiger partial charge on any atom is 0.306 e. The summed E-state index contributed by atoms with van der Waals surface area (Å²) in [5.74, 6) is 1.07. The van der Waals surface area contributed by atoms with Crippen LogP contribution in [-0.4, -0.2) is 18.1 Å². The van der Waals surface area contributed by atoms with Gasteiger partial charge < -0.3 is 10.5 Å². The van der Waals surface area contributed by atoms with Gasteiger partial charge in [-0.15, -0.1) is 0 Å². The zero-order valence-electron chi connectivity index (χ0n) is 14.8. The maximum absolute atomic E-state index is 12.0. The Balaban J connectivity index is 2.61. The minimum absolute atomic E-state index is 0.0864. The first-order chi connectivity index (χ1) is 10.4. The zero-order chi connectivity index (χ0) is 16.6. The second-order valence-electron chi connectivity index (χ2n) is 7.13. The average Bonchev–Trinajstić information content (AvgIpc) is 2.44. The molecule has 1 atom stereocenters. The number of hydrogen-bond donors (Lipinski definition) is 1. The summed E-state index contributed by atoms with van der Waals surface area (Å²) in [6.45, 7) is 11.1. The van der Waals surface area contributed by atoms with E-state index >= 15 is 0 Å². The summed E-state index contributed by atoms with van der Waals surface area (Å²) in [5, 5.41) is 0. The Kier molecular flexibility index (Phi) is 8.16. The van der Waals surface area contributed by atoms with Crippen LogP contribution in [-0.2, 0) is 9.53 Å². The third-order valence-corrected chi connectivity index (χ3v) is 5.40. The van der Waals surface area contributed by atoms with Crippen LogP contribution in [0.3, 0.4) is 0 Å². The molecule has 0 aliphatic heterocycles. The van der Waals surface area contributed by atoms with E-state index in [-0.39, 0.29) is 11.6 Å². The van der Waals surface area contributed by atoms with Crippen molar-refractivity contribution in [1.29, 1.82) is 0 Å². The molecule has 0 radical (unpaired) electrons. The lowest BCUT2D eigenvalue weighted by Crippen LogP contribution is -2.40. The van der Waals surface area contributed by atoms with Gasteiger partial charge in [-0.1, -0.05) is 31.9 Å². The van der Waals surface area contributed by atoms with Crippen LogP contribution in [0.25, 0.3) is 0 Å². The molecule has 0 spiro atoms. The fraction of sp³-hybridized carbons (Fsp3) is 0.842. The molecule has 1 unspecified atom stereocenters. The molecule has 1 fully saturated rings. The van der Waals surface area contributed by atoms with E-state index in [4.69, 9.17) is 10.5 Å².